The van der Waals surface area contributed by atoms with E-state index in [-0.39, 0.29) is 41.9 Å². The molecule has 0 fully saturated rings. The first-order chi connectivity index (χ1) is 18.7. The minimum absolute atomic E-state index is 0.0692. The lowest BCUT2D eigenvalue weighted by Gasteiger charge is -2.35. The normalized spacial score (nSPS) is 17.3. The number of carbonyl (C=O) groups excluding carboxylic acids is 2. The van der Waals surface area contributed by atoms with E-state index in [9.17, 15) is 24.5 Å². The molecule has 0 aliphatic carbocycles. The number of rotatable bonds is 9. The van der Waals surface area contributed by atoms with Crippen molar-refractivity contribution in [3.63, 3.8) is 0 Å². The van der Waals surface area contributed by atoms with Crippen molar-refractivity contribution in [2.75, 3.05) is 11.9 Å². The van der Waals surface area contributed by atoms with Crippen molar-refractivity contribution in [1.29, 1.82) is 0 Å². The number of unbranched alkanes of at least 4 members (excludes halogenated alkanes) is 3. The van der Waals surface area contributed by atoms with Crippen molar-refractivity contribution in [3.05, 3.63) is 61.4 Å². The number of cyclic esters (lactones) is 1. The highest BCUT2D eigenvalue weighted by molar-refractivity contribution is 6.03. The second kappa shape index (κ2) is 10.1. The topological polar surface area (TPSA) is 143 Å². The predicted molar refractivity (Wildman–Crippen MR) is 143 cm³/mol. The van der Waals surface area contributed by atoms with Gasteiger partial charge in [-0.25, -0.2) is 9.78 Å². The summed E-state index contributed by atoms with van der Waals surface area (Å²) >= 11 is 0. The first-order valence-electron chi connectivity index (χ1n) is 13.2. The number of nitrogens with zero attached hydrogens (tertiary/aromatic N) is 3. The zero-order chi connectivity index (χ0) is 27.9. The summed E-state index contributed by atoms with van der Waals surface area (Å²) in [5.74, 6) is -1.40. The fourth-order valence-corrected chi connectivity index (χ4v) is 5.63. The quantitative estimate of drug-likeness (QED) is 0.142. The average Bonchev–Trinajstić information content (AvgIpc) is 3.28. The summed E-state index contributed by atoms with van der Waals surface area (Å²) in [4.78, 5) is 55.0. The third kappa shape index (κ3) is 4.21. The van der Waals surface area contributed by atoms with Crippen LogP contribution < -0.4 is 10.9 Å². The predicted octanol–water partition coefficient (Wildman–Crippen LogP) is 4.55. The SMILES string of the molecule is CCCCCCNc1c2c(nc3cccc([N+](=O)[O-])c13)-c1cc3c(c(=O)n1C2)COC(=O)[C@@]3(CC)OC(C)=O. The maximum Gasteiger partial charge on any atom is 0.355 e. The first-order valence-corrected chi connectivity index (χ1v) is 13.2. The van der Waals surface area contributed by atoms with Crippen molar-refractivity contribution >= 4 is 34.2 Å². The Hall–Kier alpha value is -4.28. The molecule has 1 N–H and O–H groups in total. The molecule has 0 saturated heterocycles. The van der Waals surface area contributed by atoms with E-state index in [0.717, 1.165) is 25.7 Å². The molecule has 0 radical (unpaired) electrons. The molecule has 11 heteroatoms. The Balaban J connectivity index is 1.73. The Labute approximate surface area is 224 Å². The highest BCUT2D eigenvalue weighted by Gasteiger charge is 2.50. The maximum absolute atomic E-state index is 13.8. The zero-order valence-electron chi connectivity index (χ0n) is 22.2. The lowest BCUT2D eigenvalue weighted by atomic mass is 9.85. The number of nitro benzene ring substituents is 1. The molecule has 2 aromatic heterocycles. The molecule has 4 heterocycles. The second-order valence-corrected chi connectivity index (χ2v) is 9.89. The van der Waals surface area contributed by atoms with Crippen LogP contribution in [0.5, 0.6) is 0 Å². The van der Waals surface area contributed by atoms with Crippen molar-refractivity contribution in [2.45, 2.75) is 71.6 Å². The molecule has 0 saturated carbocycles. The molecule has 11 nitrogen and oxygen atoms in total. The van der Waals surface area contributed by atoms with Gasteiger partial charge in [-0.1, -0.05) is 39.2 Å². The molecule has 3 aromatic rings. The van der Waals surface area contributed by atoms with Crippen LogP contribution in [0, 0.1) is 10.1 Å². The summed E-state index contributed by atoms with van der Waals surface area (Å²) in [6.07, 6.45) is 4.16. The minimum atomic E-state index is -1.74. The number of carbonyl (C=O) groups is 2. The van der Waals surface area contributed by atoms with Gasteiger partial charge in [0.15, 0.2) is 0 Å². The number of hydrogen-bond acceptors (Lipinski definition) is 9. The van der Waals surface area contributed by atoms with E-state index >= 15 is 0 Å². The Morgan fingerprint density at radius 1 is 1.23 bits per heavy atom. The van der Waals surface area contributed by atoms with Crippen LogP contribution in [0.2, 0.25) is 0 Å². The van der Waals surface area contributed by atoms with Gasteiger partial charge in [-0.05, 0) is 25.0 Å². The molecule has 2 aliphatic rings. The molecule has 0 spiro atoms. The van der Waals surface area contributed by atoms with E-state index in [0.29, 0.717) is 40.1 Å². The first kappa shape index (κ1) is 26.3. The summed E-state index contributed by atoms with van der Waals surface area (Å²) in [7, 11) is 0. The van der Waals surface area contributed by atoms with Crippen LogP contribution in [0.15, 0.2) is 29.1 Å². The van der Waals surface area contributed by atoms with Crippen molar-refractivity contribution in [1.82, 2.24) is 9.55 Å². The van der Waals surface area contributed by atoms with Crippen LogP contribution in [0.25, 0.3) is 22.3 Å². The molecule has 1 atom stereocenters. The molecular formula is C28H30N4O7. The molecule has 39 heavy (non-hydrogen) atoms. The van der Waals surface area contributed by atoms with Gasteiger partial charge in [0.05, 0.1) is 39.6 Å². The smallest absolute Gasteiger partial charge is 0.355 e. The van der Waals surface area contributed by atoms with Gasteiger partial charge in [-0.2, -0.15) is 0 Å². The average molecular weight is 535 g/mol. The number of nitro groups is 1. The van der Waals surface area contributed by atoms with Crippen LogP contribution in [-0.2, 0) is 37.8 Å². The van der Waals surface area contributed by atoms with Crippen molar-refractivity contribution in [3.8, 4) is 11.4 Å². The van der Waals surface area contributed by atoms with Gasteiger partial charge in [0.25, 0.3) is 11.2 Å². The molecule has 0 amide bonds. The van der Waals surface area contributed by atoms with Gasteiger partial charge in [0.2, 0.25) is 5.60 Å². The Kier molecular flexibility index (Phi) is 6.83. The summed E-state index contributed by atoms with van der Waals surface area (Å²) in [5, 5.41) is 15.8. The lowest BCUT2D eigenvalue weighted by molar-refractivity contribution is -0.383. The summed E-state index contributed by atoms with van der Waals surface area (Å²) in [6, 6.07) is 6.41. The lowest BCUT2D eigenvalue weighted by Crippen LogP contribution is -2.47. The number of hydrogen-bond donors (Lipinski definition) is 1. The van der Waals surface area contributed by atoms with Crippen molar-refractivity contribution < 1.29 is 24.0 Å². The molecule has 0 bridgehead atoms. The standard InChI is InChI=1S/C28H30N4O7/c1-4-6-7-8-12-29-25-17-14-31-22(24(17)30-20-10-9-11-21(23(20)25)32(36)37)13-19-18(26(31)34)15-38-27(35)28(19,5-2)39-16(3)33/h9-11,13H,4-8,12,14-15H2,1-3H3,(H,29,30)/t28-/m0/s1. The number of pyridine rings is 2. The number of nitrogens with one attached hydrogen (secondary N) is 1. The highest BCUT2D eigenvalue weighted by Crippen LogP contribution is 2.44. The summed E-state index contributed by atoms with van der Waals surface area (Å²) < 4.78 is 12.4. The number of benzene rings is 1. The summed E-state index contributed by atoms with van der Waals surface area (Å²) in [5.41, 5.74) is 0.926. The van der Waals surface area contributed by atoms with Crippen LogP contribution in [0.3, 0.4) is 0 Å². The molecule has 1 aromatic carbocycles. The maximum atomic E-state index is 13.8. The number of aromatic nitrogens is 2. The Bertz CT molecular complexity index is 1580. The molecule has 204 valence electrons. The van der Waals surface area contributed by atoms with Crippen LogP contribution in [-0.4, -0.2) is 33.0 Å². The third-order valence-electron chi connectivity index (χ3n) is 7.51. The van der Waals surface area contributed by atoms with E-state index in [1.54, 1.807) is 25.1 Å². The fraction of sp³-hybridized carbons (Fsp3) is 0.429. The minimum Gasteiger partial charge on any atom is -0.457 e. The van der Waals surface area contributed by atoms with Crippen LogP contribution in [0.1, 0.15) is 69.6 Å². The van der Waals surface area contributed by atoms with Crippen LogP contribution >= 0.6 is 0 Å². The van der Waals surface area contributed by atoms with Gasteiger partial charge in [0.1, 0.15) is 12.0 Å². The van der Waals surface area contributed by atoms with E-state index in [4.69, 9.17) is 14.5 Å². The fourth-order valence-electron chi connectivity index (χ4n) is 5.63. The number of esters is 2. The number of anilines is 1. The second-order valence-electron chi connectivity index (χ2n) is 9.89. The number of fused-ring (bicyclic) bond motifs is 5. The Morgan fingerprint density at radius 2 is 2.03 bits per heavy atom. The van der Waals surface area contributed by atoms with Crippen molar-refractivity contribution in [2.24, 2.45) is 0 Å². The molecular weight excluding hydrogens is 504 g/mol. The summed E-state index contributed by atoms with van der Waals surface area (Å²) in [6.45, 7) is 5.52. The van der Waals surface area contributed by atoms with Gasteiger partial charge in [0, 0.05) is 30.7 Å². The zero-order valence-corrected chi connectivity index (χ0v) is 22.2. The van der Waals surface area contributed by atoms with E-state index in [2.05, 4.69) is 12.2 Å². The van der Waals surface area contributed by atoms with Crippen LogP contribution in [0.4, 0.5) is 11.4 Å². The van der Waals surface area contributed by atoms with Gasteiger partial charge < -0.3 is 19.4 Å². The largest absolute Gasteiger partial charge is 0.457 e. The van der Waals surface area contributed by atoms with E-state index in [1.165, 1.54) is 17.6 Å². The van der Waals surface area contributed by atoms with Gasteiger partial charge >= 0.3 is 11.9 Å². The molecule has 5 rings (SSSR count). The van der Waals surface area contributed by atoms with Gasteiger partial charge in [-0.15, -0.1) is 0 Å². The monoisotopic (exact) mass is 534 g/mol. The van der Waals surface area contributed by atoms with Gasteiger partial charge in [-0.3, -0.25) is 19.7 Å². The number of non-ortho nitro benzene ring substituents is 1. The van der Waals surface area contributed by atoms with E-state index < -0.39 is 22.5 Å². The molecule has 2 aliphatic heterocycles. The third-order valence-corrected chi connectivity index (χ3v) is 7.51. The Morgan fingerprint density at radius 3 is 2.72 bits per heavy atom. The number of ether oxygens (including phenoxy) is 2. The molecule has 0 unspecified atom stereocenters. The highest BCUT2D eigenvalue weighted by atomic mass is 16.6. The van der Waals surface area contributed by atoms with E-state index in [1.807, 2.05) is 0 Å².